The Hall–Kier alpha value is -0.670. The Kier molecular flexibility index (Phi) is 6.90. The Morgan fingerprint density at radius 3 is 2.25 bits per heavy atom. The van der Waals surface area contributed by atoms with Crippen molar-refractivity contribution >= 4 is 11.8 Å². The third-order valence-electron chi connectivity index (χ3n) is 3.35. The van der Waals surface area contributed by atoms with Gasteiger partial charge < -0.3 is 10.1 Å². The molecule has 1 unspecified atom stereocenters. The molecule has 0 fully saturated rings. The van der Waals surface area contributed by atoms with Gasteiger partial charge in [0.2, 0.25) is 0 Å². The second-order valence-corrected chi connectivity index (χ2v) is 7.85. The first-order chi connectivity index (χ1) is 9.34. The van der Waals surface area contributed by atoms with Gasteiger partial charge in [0.25, 0.3) is 0 Å². The minimum Gasteiger partial charge on any atom is -0.493 e. The zero-order valence-corrected chi connectivity index (χ0v) is 14.5. The van der Waals surface area contributed by atoms with Crippen LogP contribution in [-0.2, 0) is 0 Å². The molecule has 0 bridgehead atoms. The first-order valence-electron chi connectivity index (χ1n) is 7.35. The number of nitrogens with one attached hydrogen (secondary N) is 1. The van der Waals surface area contributed by atoms with Gasteiger partial charge in [0.05, 0.1) is 6.61 Å². The van der Waals surface area contributed by atoms with Gasteiger partial charge in [0.15, 0.2) is 0 Å². The number of rotatable bonds is 8. The summed E-state index contributed by atoms with van der Waals surface area (Å²) >= 11 is 1.89. The van der Waals surface area contributed by atoms with Crippen molar-refractivity contribution in [2.45, 2.75) is 45.4 Å². The minimum absolute atomic E-state index is 0.272. The Bertz CT molecular complexity index is 386. The monoisotopic (exact) mass is 295 g/mol. The predicted octanol–water partition coefficient (Wildman–Crippen LogP) is 4.51. The van der Waals surface area contributed by atoms with Crippen LogP contribution in [-0.4, -0.2) is 24.2 Å². The Balaban J connectivity index is 2.51. The van der Waals surface area contributed by atoms with Crippen LogP contribution in [0.4, 0.5) is 0 Å². The summed E-state index contributed by atoms with van der Waals surface area (Å²) < 4.78 is 5.98. The average molecular weight is 295 g/mol. The molecule has 0 amide bonds. The molecule has 0 radical (unpaired) electrons. The number of benzene rings is 1. The van der Waals surface area contributed by atoms with Crippen molar-refractivity contribution in [2.75, 3.05) is 19.4 Å². The normalized spacial score (nSPS) is 13.6. The molecule has 3 heteroatoms. The van der Waals surface area contributed by atoms with E-state index >= 15 is 0 Å². The summed E-state index contributed by atoms with van der Waals surface area (Å²) in [5.74, 6) is 1.52. The quantitative estimate of drug-likeness (QED) is 0.762. The maximum atomic E-state index is 5.71. The molecule has 114 valence electrons. The van der Waals surface area contributed by atoms with Gasteiger partial charge in [0.1, 0.15) is 5.75 Å². The lowest BCUT2D eigenvalue weighted by Gasteiger charge is -2.25. The lowest BCUT2D eigenvalue weighted by atomic mass is 10.1. The minimum atomic E-state index is 0.272. The van der Waals surface area contributed by atoms with Crippen molar-refractivity contribution in [3.8, 4) is 5.75 Å². The van der Waals surface area contributed by atoms with Gasteiger partial charge in [-0.2, -0.15) is 11.8 Å². The zero-order chi connectivity index (χ0) is 15.2. The van der Waals surface area contributed by atoms with Gasteiger partial charge in [-0.25, -0.2) is 0 Å². The van der Waals surface area contributed by atoms with E-state index in [1.807, 2.05) is 11.8 Å². The van der Waals surface area contributed by atoms with Gasteiger partial charge in [0, 0.05) is 17.3 Å². The fraction of sp³-hybridized carbons (Fsp3) is 0.647. The van der Waals surface area contributed by atoms with Crippen molar-refractivity contribution in [2.24, 2.45) is 5.92 Å². The molecule has 1 rings (SSSR count). The standard InChI is InChI=1S/C17H29NOS/c1-13(2)11-19-16-9-7-15(8-10-16)14(3)18-12-17(4,5)20-6/h7-10,13-14,18H,11-12H2,1-6H3. The topological polar surface area (TPSA) is 21.3 Å². The SMILES string of the molecule is CSC(C)(C)CNC(C)c1ccc(OCC(C)C)cc1. The average Bonchev–Trinajstić information content (AvgIpc) is 2.43. The maximum Gasteiger partial charge on any atom is 0.119 e. The fourth-order valence-electron chi connectivity index (χ4n) is 1.70. The lowest BCUT2D eigenvalue weighted by molar-refractivity contribution is 0.271. The van der Waals surface area contributed by atoms with E-state index in [0.717, 1.165) is 18.9 Å². The molecule has 1 atom stereocenters. The van der Waals surface area contributed by atoms with Gasteiger partial charge >= 0.3 is 0 Å². The van der Waals surface area contributed by atoms with Crippen LogP contribution in [0.5, 0.6) is 5.75 Å². The van der Waals surface area contributed by atoms with Crippen LogP contribution >= 0.6 is 11.8 Å². The summed E-state index contributed by atoms with van der Waals surface area (Å²) in [5, 5.41) is 3.60. The third-order valence-corrected chi connectivity index (χ3v) is 4.60. The molecule has 0 aliphatic heterocycles. The number of thioether (sulfide) groups is 1. The molecule has 0 aliphatic carbocycles. The van der Waals surface area contributed by atoms with Crippen LogP contribution in [0.25, 0.3) is 0 Å². The third kappa shape index (κ3) is 6.19. The highest BCUT2D eigenvalue weighted by Crippen LogP contribution is 2.22. The number of hydrogen-bond acceptors (Lipinski definition) is 3. The molecular weight excluding hydrogens is 266 g/mol. The van der Waals surface area contributed by atoms with Crippen molar-refractivity contribution in [3.05, 3.63) is 29.8 Å². The van der Waals surface area contributed by atoms with Crippen LogP contribution in [0.1, 0.15) is 46.2 Å². The summed E-state index contributed by atoms with van der Waals surface area (Å²) in [6, 6.07) is 8.80. The second kappa shape index (κ2) is 7.94. The summed E-state index contributed by atoms with van der Waals surface area (Å²) in [6.07, 6.45) is 2.16. The Morgan fingerprint density at radius 1 is 1.15 bits per heavy atom. The molecule has 0 aliphatic rings. The van der Waals surface area contributed by atoms with Gasteiger partial charge in [-0.3, -0.25) is 0 Å². The first-order valence-corrected chi connectivity index (χ1v) is 8.58. The lowest BCUT2D eigenvalue weighted by Crippen LogP contribution is -2.33. The molecule has 1 N–H and O–H groups in total. The van der Waals surface area contributed by atoms with E-state index in [1.54, 1.807) is 0 Å². The largest absolute Gasteiger partial charge is 0.493 e. The van der Waals surface area contributed by atoms with E-state index in [-0.39, 0.29) is 4.75 Å². The highest BCUT2D eigenvalue weighted by molar-refractivity contribution is 7.99. The highest BCUT2D eigenvalue weighted by Gasteiger charge is 2.17. The fourth-order valence-corrected chi connectivity index (χ4v) is 1.93. The van der Waals surface area contributed by atoms with Gasteiger partial charge in [-0.15, -0.1) is 0 Å². The van der Waals surface area contributed by atoms with Crippen LogP contribution in [0.3, 0.4) is 0 Å². The molecule has 0 spiro atoms. The van der Waals surface area contributed by atoms with E-state index in [0.29, 0.717) is 12.0 Å². The number of hydrogen-bond donors (Lipinski definition) is 1. The molecule has 1 aromatic rings. The van der Waals surface area contributed by atoms with Crippen molar-refractivity contribution in [1.82, 2.24) is 5.32 Å². The van der Waals surface area contributed by atoms with Crippen molar-refractivity contribution < 1.29 is 4.74 Å². The summed E-state index contributed by atoms with van der Waals surface area (Å²) in [7, 11) is 0. The molecule has 0 aromatic heterocycles. The van der Waals surface area contributed by atoms with Crippen molar-refractivity contribution in [1.29, 1.82) is 0 Å². The molecule has 1 aromatic carbocycles. The second-order valence-electron chi connectivity index (χ2n) is 6.34. The summed E-state index contributed by atoms with van der Waals surface area (Å²) in [5.41, 5.74) is 1.30. The number of ether oxygens (including phenoxy) is 1. The predicted molar refractivity (Wildman–Crippen MR) is 90.8 cm³/mol. The van der Waals surface area contributed by atoms with E-state index in [4.69, 9.17) is 4.74 Å². The molecule has 0 saturated carbocycles. The molecule has 0 saturated heterocycles. The van der Waals surface area contributed by atoms with Crippen LogP contribution in [0.15, 0.2) is 24.3 Å². The van der Waals surface area contributed by atoms with E-state index in [2.05, 4.69) is 70.5 Å². The Labute approximate surface area is 128 Å². The first kappa shape index (κ1) is 17.4. The molecular formula is C17H29NOS. The van der Waals surface area contributed by atoms with E-state index < -0.39 is 0 Å². The van der Waals surface area contributed by atoms with E-state index in [1.165, 1.54) is 5.56 Å². The van der Waals surface area contributed by atoms with E-state index in [9.17, 15) is 0 Å². The zero-order valence-electron chi connectivity index (χ0n) is 13.7. The van der Waals surface area contributed by atoms with Crippen LogP contribution < -0.4 is 10.1 Å². The highest BCUT2D eigenvalue weighted by atomic mass is 32.2. The smallest absolute Gasteiger partial charge is 0.119 e. The summed E-state index contributed by atoms with van der Waals surface area (Å²) in [6.45, 7) is 12.8. The Morgan fingerprint density at radius 2 is 1.75 bits per heavy atom. The summed E-state index contributed by atoms with van der Waals surface area (Å²) in [4.78, 5) is 0. The molecule has 2 nitrogen and oxygen atoms in total. The molecule has 0 heterocycles. The van der Waals surface area contributed by atoms with Gasteiger partial charge in [-0.05, 0) is 50.6 Å². The van der Waals surface area contributed by atoms with Crippen LogP contribution in [0.2, 0.25) is 0 Å². The van der Waals surface area contributed by atoms with Gasteiger partial charge in [-0.1, -0.05) is 26.0 Å². The van der Waals surface area contributed by atoms with Crippen molar-refractivity contribution in [3.63, 3.8) is 0 Å². The molecule has 20 heavy (non-hydrogen) atoms. The maximum absolute atomic E-state index is 5.71. The van der Waals surface area contributed by atoms with Crippen LogP contribution in [0, 0.1) is 5.92 Å².